The standard InChI is InChI=1S/C20H23N3O3S/c1-13-4-7-16(8-5-13)20(26)23-22-19(25)12-27-11-18(24)21-17-9-6-14(2)10-15(17)3/h4-10H,11-12H2,1-3H3,(H,21,24)(H,22,25)(H,23,26). The van der Waals surface area contributed by atoms with Gasteiger partial charge in [-0.15, -0.1) is 11.8 Å². The maximum atomic E-state index is 12.0. The molecule has 0 atom stereocenters. The number of thioether (sulfide) groups is 1. The molecule has 0 aliphatic rings. The van der Waals surface area contributed by atoms with Crippen LogP contribution >= 0.6 is 11.8 Å². The van der Waals surface area contributed by atoms with E-state index >= 15 is 0 Å². The Bertz CT molecular complexity index is 835. The Labute approximate surface area is 163 Å². The lowest BCUT2D eigenvalue weighted by atomic mass is 10.1. The summed E-state index contributed by atoms with van der Waals surface area (Å²) in [6, 6.07) is 12.8. The largest absolute Gasteiger partial charge is 0.325 e. The van der Waals surface area contributed by atoms with Gasteiger partial charge in [0.25, 0.3) is 5.91 Å². The van der Waals surface area contributed by atoms with Gasteiger partial charge in [0.15, 0.2) is 0 Å². The minimum Gasteiger partial charge on any atom is -0.325 e. The molecule has 0 saturated heterocycles. The van der Waals surface area contributed by atoms with Gasteiger partial charge in [-0.05, 0) is 44.5 Å². The SMILES string of the molecule is Cc1ccc(C(=O)NNC(=O)CSCC(=O)Nc2ccc(C)cc2C)cc1. The molecule has 27 heavy (non-hydrogen) atoms. The van der Waals surface area contributed by atoms with Crippen molar-refractivity contribution in [3.63, 3.8) is 0 Å². The second-order valence-electron chi connectivity index (χ2n) is 6.23. The second-order valence-corrected chi connectivity index (χ2v) is 7.21. The molecule has 0 saturated carbocycles. The summed E-state index contributed by atoms with van der Waals surface area (Å²) in [5.74, 6) is -0.731. The number of aryl methyl sites for hydroxylation is 3. The van der Waals surface area contributed by atoms with Gasteiger partial charge in [-0.25, -0.2) is 0 Å². The fraction of sp³-hybridized carbons (Fsp3) is 0.250. The summed E-state index contributed by atoms with van der Waals surface area (Å²) >= 11 is 1.17. The van der Waals surface area contributed by atoms with Crippen LogP contribution in [0, 0.1) is 20.8 Å². The fourth-order valence-corrected chi connectivity index (χ4v) is 2.93. The zero-order valence-corrected chi connectivity index (χ0v) is 16.4. The van der Waals surface area contributed by atoms with Crippen LogP contribution in [0.4, 0.5) is 5.69 Å². The van der Waals surface area contributed by atoms with Crippen molar-refractivity contribution >= 4 is 35.2 Å². The van der Waals surface area contributed by atoms with Crippen LogP contribution in [0.2, 0.25) is 0 Å². The Balaban J connectivity index is 1.68. The highest BCUT2D eigenvalue weighted by atomic mass is 32.2. The maximum Gasteiger partial charge on any atom is 0.269 e. The molecular weight excluding hydrogens is 362 g/mol. The van der Waals surface area contributed by atoms with E-state index in [0.717, 1.165) is 22.4 Å². The number of hydrogen-bond donors (Lipinski definition) is 3. The molecule has 0 spiro atoms. The number of amides is 3. The molecule has 142 valence electrons. The van der Waals surface area contributed by atoms with Crippen molar-refractivity contribution < 1.29 is 14.4 Å². The first-order valence-electron chi connectivity index (χ1n) is 8.46. The molecule has 2 aromatic carbocycles. The number of carbonyl (C=O) groups excluding carboxylic acids is 3. The molecular formula is C20H23N3O3S. The average Bonchev–Trinajstić information content (AvgIpc) is 2.62. The van der Waals surface area contributed by atoms with Crippen molar-refractivity contribution in [2.45, 2.75) is 20.8 Å². The lowest BCUT2D eigenvalue weighted by molar-refractivity contribution is -0.119. The van der Waals surface area contributed by atoms with Gasteiger partial charge in [-0.2, -0.15) is 0 Å². The summed E-state index contributed by atoms with van der Waals surface area (Å²) < 4.78 is 0. The van der Waals surface area contributed by atoms with Gasteiger partial charge in [0.2, 0.25) is 11.8 Å². The van der Waals surface area contributed by atoms with E-state index in [1.54, 1.807) is 12.1 Å². The summed E-state index contributed by atoms with van der Waals surface area (Å²) in [6.45, 7) is 5.85. The van der Waals surface area contributed by atoms with Crippen molar-refractivity contribution in [2.24, 2.45) is 0 Å². The molecule has 0 bridgehead atoms. The van der Waals surface area contributed by atoms with Crippen LogP contribution in [0.3, 0.4) is 0 Å². The predicted octanol–water partition coefficient (Wildman–Crippen LogP) is 2.74. The van der Waals surface area contributed by atoms with Gasteiger partial charge in [-0.3, -0.25) is 25.2 Å². The van der Waals surface area contributed by atoms with Gasteiger partial charge in [0.1, 0.15) is 0 Å². The molecule has 0 unspecified atom stereocenters. The van der Waals surface area contributed by atoms with E-state index in [0.29, 0.717) is 5.56 Å². The van der Waals surface area contributed by atoms with Crippen molar-refractivity contribution in [1.82, 2.24) is 10.9 Å². The molecule has 2 rings (SSSR count). The summed E-state index contributed by atoms with van der Waals surface area (Å²) in [7, 11) is 0. The summed E-state index contributed by atoms with van der Waals surface area (Å²) in [6.07, 6.45) is 0. The van der Waals surface area contributed by atoms with E-state index in [4.69, 9.17) is 0 Å². The molecule has 0 heterocycles. The van der Waals surface area contributed by atoms with Crippen LogP contribution in [-0.2, 0) is 9.59 Å². The van der Waals surface area contributed by atoms with Crippen LogP contribution < -0.4 is 16.2 Å². The van der Waals surface area contributed by atoms with Gasteiger partial charge in [0, 0.05) is 11.3 Å². The summed E-state index contributed by atoms with van der Waals surface area (Å²) in [5.41, 5.74) is 9.09. The van der Waals surface area contributed by atoms with E-state index in [1.165, 1.54) is 11.8 Å². The van der Waals surface area contributed by atoms with E-state index in [-0.39, 0.29) is 29.2 Å². The minimum absolute atomic E-state index is 0.0640. The topological polar surface area (TPSA) is 87.3 Å². The Morgan fingerprint density at radius 1 is 0.815 bits per heavy atom. The molecule has 3 amide bonds. The highest BCUT2D eigenvalue weighted by Crippen LogP contribution is 2.16. The molecule has 0 radical (unpaired) electrons. The quantitative estimate of drug-likeness (QED) is 0.667. The molecule has 7 heteroatoms. The van der Waals surface area contributed by atoms with Crippen molar-refractivity contribution in [2.75, 3.05) is 16.8 Å². The van der Waals surface area contributed by atoms with Gasteiger partial charge < -0.3 is 5.32 Å². The Kier molecular flexibility index (Phi) is 7.43. The number of benzene rings is 2. The lowest BCUT2D eigenvalue weighted by Gasteiger charge is -2.09. The third-order valence-electron chi connectivity index (χ3n) is 3.75. The predicted molar refractivity (Wildman–Crippen MR) is 109 cm³/mol. The monoisotopic (exact) mass is 385 g/mol. The average molecular weight is 385 g/mol. The van der Waals surface area contributed by atoms with Crippen LogP contribution in [0.25, 0.3) is 0 Å². The highest BCUT2D eigenvalue weighted by molar-refractivity contribution is 8.00. The molecule has 0 aliphatic heterocycles. The van der Waals surface area contributed by atoms with Crippen LogP contribution in [-0.4, -0.2) is 29.2 Å². The zero-order valence-electron chi connectivity index (χ0n) is 15.6. The van der Waals surface area contributed by atoms with Crippen LogP contribution in [0.1, 0.15) is 27.0 Å². The van der Waals surface area contributed by atoms with E-state index < -0.39 is 0 Å². The van der Waals surface area contributed by atoms with Crippen LogP contribution in [0.15, 0.2) is 42.5 Å². The number of rotatable bonds is 6. The van der Waals surface area contributed by atoms with E-state index in [1.807, 2.05) is 51.1 Å². The number of hydrazine groups is 1. The number of carbonyl (C=O) groups is 3. The Hall–Kier alpha value is -2.80. The molecule has 2 aromatic rings. The minimum atomic E-state index is -0.388. The summed E-state index contributed by atoms with van der Waals surface area (Å²) in [5, 5.41) is 2.83. The number of nitrogens with one attached hydrogen (secondary N) is 3. The first-order chi connectivity index (χ1) is 12.8. The highest BCUT2D eigenvalue weighted by Gasteiger charge is 2.09. The van der Waals surface area contributed by atoms with Crippen LogP contribution in [0.5, 0.6) is 0 Å². The first kappa shape index (κ1) is 20.5. The number of anilines is 1. The second kappa shape index (κ2) is 9.78. The molecule has 0 fully saturated rings. The molecule has 0 aliphatic carbocycles. The number of hydrogen-bond acceptors (Lipinski definition) is 4. The lowest BCUT2D eigenvalue weighted by Crippen LogP contribution is -2.42. The summed E-state index contributed by atoms with van der Waals surface area (Å²) in [4.78, 5) is 35.7. The first-order valence-corrected chi connectivity index (χ1v) is 9.61. The third kappa shape index (κ3) is 6.79. The van der Waals surface area contributed by atoms with Gasteiger partial charge in [-0.1, -0.05) is 35.4 Å². The third-order valence-corrected chi connectivity index (χ3v) is 4.68. The smallest absolute Gasteiger partial charge is 0.269 e. The maximum absolute atomic E-state index is 12.0. The van der Waals surface area contributed by atoms with Crippen molar-refractivity contribution in [3.8, 4) is 0 Å². The van der Waals surface area contributed by atoms with Gasteiger partial charge >= 0.3 is 0 Å². The van der Waals surface area contributed by atoms with E-state index in [2.05, 4.69) is 16.2 Å². The Morgan fingerprint density at radius 3 is 2.11 bits per heavy atom. The molecule has 3 N–H and O–H groups in total. The fourth-order valence-electron chi connectivity index (χ4n) is 2.32. The van der Waals surface area contributed by atoms with Gasteiger partial charge in [0.05, 0.1) is 11.5 Å². The molecule has 6 nitrogen and oxygen atoms in total. The zero-order chi connectivity index (χ0) is 19.8. The van der Waals surface area contributed by atoms with Crippen molar-refractivity contribution in [3.05, 3.63) is 64.7 Å². The molecule has 0 aromatic heterocycles. The van der Waals surface area contributed by atoms with E-state index in [9.17, 15) is 14.4 Å². The Morgan fingerprint density at radius 2 is 1.44 bits per heavy atom. The van der Waals surface area contributed by atoms with Crippen molar-refractivity contribution in [1.29, 1.82) is 0 Å². The normalized spacial score (nSPS) is 10.2.